The fraction of sp³-hybridized carbons (Fsp3) is 0.600. The van der Waals surface area contributed by atoms with Crippen molar-refractivity contribution in [1.29, 1.82) is 0 Å². The lowest BCUT2D eigenvalue weighted by Gasteiger charge is -2.51. The Morgan fingerprint density at radius 1 is 1.12 bits per heavy atom. The van der Waals surface area contributed by atoms with Gasteiger partial charge in [-0.15, -0.1) is 0 Å². The van der Waals surface area contributed by atoms with Crippen molar-refractivity contribution < 1.29 is 6.15 Å². The van der Waals surface area contributed by atoms with Crippen LogP contribution in [0.5, 0.6) is 0 Å². The van der Waals surface area contributed by atoms with E-state index in [0.717, 1.165) is 25.9 Å². The molecule has 2 nitrogen and oxygen atoms in total. The van der Waals surface area contributed by atoms with Crippen molar-refractivity contribution >= 4 is 0 Å². The van der Waals surface area contributed by atoms with Gasteiger partial charge < -0.3 is 10.0 Å². The van der Waals surface area contributed by atoms with Gasteiger partial charge in [0.05, 0.1) is 5.60 Å². The molecule has 1 aliphatic heterocycles. The van der Waals surface area contributed by atoms with Crippen LogP contribution in [0, 0.1) is 5.41 Å². The Bertz CT molecular complexity index is 404. The molecule has 0 unspecified atom stereocenters. The van der Waals surface area contributed by atoms with Gasteiger partial charge in [-0.05, 0) is 36.7 Å². The number of nitrogens with one attached hydrogen (secondary N) is 1. The van der Waals surface area contributed by atoms with Crippen LogP contribution in [0.4, 0.5) is 0 Å². The molecular weight excluding hydrogens is 210 g/mol. The van der Waals surface area contributed by atoms with Crippen LogP contribution in [0.15, 0.2) is 30.3 Å². The van der Waals surface area contributed by atoms with Crippen molar-refractivity contribution in [2.24, 2.45) is 5.41 Å². The maximum absolute atomic E-state index is 7.58. The zero-order valence-electron chi connectivity index (χ0n) is 11.5. The minimum absolute atomic E-state index is 0.0883. The standard InChI is InChI=1S/C15H21NO/c1-17-15(13-5-3-2-4-6-13)9-7-14(8-10-15)11-16-12-14/h2-6,16H,7-12H2,1H3/i/hD. The smallest absolute Gasteiger partial charge is 0.122 e. The summed E-state index contributed by atoms with van der Waals surface area (Å²) in [7, 11) is 1.84. The highest BCUT2D eigenvalue weighted by molar-refractivity contribution is 5.24. The first-order chi connectivity index (χ1) is 8.68. The Labute approximate surface area is 105 Å². The SMILES string of the molecule is [2H]N1CC2(CCC(OC)(c3ccccc3)CC2)C1. The Morgan fingerprint density at radius 3 is 2.29 bits per heavy atom. The van der Waals surface area contributed by atoms with Gasteiger partial charge in [0.1, 0.15) is 1.41 Å². The normalized spacial score (nSPS) is 27.5. The molecule has 1 aromatic carbocycles. The Balaban J connectivity index is 1.76. The molecule has 1 heterocycles. The van der Waals surface area contributed by atoms with Crippen LogP contribution >= 0.6 is 0 Å². The molecule has 1 N–H and O–H groups in total. The molecule has 17 heavy (non-hydrogen) atoms. The monoisotopic (exact) mass is 232 g/mol. The van der Waals surface area contributed by atoms with Crippen LogP contribution in [0.25, 0.3) is 0 Å². The van der Waals surface area contributed by atoms with E-state index in [9.17, 15) is 0 Å². The Morgan fingerprint density at radius 2 is 1.76 bits per heavy atom. The second kappa shape index (κ2) is 4.11. The molecule has 2 fully saturated rings. The van der Waals surface area contributed by atoms with Gasteiger partial charge in [-0.25, -0.2) is 0 Å². The van der Waals surface area contributed by atoms with E-state index >= 15 is 0 Å². The molecule has 2 heteroatoms. The van der Waals surface area contributed by atoms with Crippen LogP contribution < -0.4 is 5.31 Å². The lowest BCUT2D eigenvalue weighted by molar-refractivity contribution is -0.0828. The van der Waals surface area contributed by atoms with Crippen molar-refractivity contribution in [1.82, 2.24) is 5.31 Å². The molecule has 0 bridgehead atoms. The van der Waals surface area contributed by atoms with Gasteiger partial charge in [-0.1, -0.05) is 30.3 Å². The molecule has 0 radical (unpaired) electrons. The molecular formula is C15H21NO. The first-order valence-corrected chi connectivity index (χ1v) is 6.53. The predicted octanol–water partition coefficient (Wildman–Crippen LogP) is 2.69. The maximum Gasteiger partial charge on any atom is 0.122 e. The molecule has 1 saturated heterocycles. The fourth-order valence-corrected chi connectivity index (χ4v) is 3.28. The number of benzene rings is 1. The van der Waals surface area contributed by atoms with E-state index in [-0.39, 0.29) is 5.60 Å². The first-order valence-electron chi connectivity index (χ1n) is 6.97. The second-order valence-electron chi connectivity index (χ2n) is 5.60. The molecule has 3 rings (SSSR count). The van der Waals surface area contributed by atoms with Crippen molar-refractivity contribution in [2.75, 3.05) is 20.2 Å². The average molecular weight is 232 g/mol. The number of rotatable bonds is 2. The number of hydrogen-bond donors (Lipinski definition) is 1. The summed E-state index contributed by atoms with van der Waals surface area (Å²) in [6.45, 7) is 1.89. The first kappa shape index (κ1) is 10.1. The maximum atomic E-state index is 7.58. The van der Waals surface area contributed by atoms with Gasteiger partial charge in [0.25, 0.3) is 0 Å². The number of methoxy groups -OCH3 is 1. The third-order valence-electron chi connectivity index (χ3n) is 4.70. The minimum Gasteiger partial charge on any atom is -0.374 e. The largest absolute Gasteiger partial charge is 0.374 e. The topological polar surface area (TPSA) is 21.3 Å². The number of ether oxygens (including phenoxy) is 1. The quantitative estimate of drug-likeness (QED) is 0.846. The molecule has 0 atom stereocenters. The lowest BCUT2D eigenvalue weighted by atomic mass is 9.64. The van der Waals surface area contributed by atoms with Crippen molar-refractivity contribution in [3.05, 3.63) is 35.9 Å². The predicted molar refractivity (Wildman–Crippen MR) is 68.9 cm³/mol. The van der Waals surface area contributed by atoms with Crippen LogP contribution in [0.3, 0.4) is 0 Å². The van der Waals surface area contributed by atoms with Crippen molar-refractivity contribution in [3.63, 3.8) is 0 Å². The highest BCUT2D eigenvalue weighted by Crippen LogP contribution is 2.48. The molecule has 0 aromatic heterocycles. The average Bonchev–Trinajstić information content (AvgIpc) is 2.39. The van der Waals surface area contributed by atoms with Crippen LogP contribution in [-0.4, -0.2) is 20.2 Å². The molecule has 1 saturated carbocycles. The highest BCUT2D eigenvalue weighted by Gasteiger charge is 2.46. The summed E-state index contributed by atoms with van der Waals surface area (Å²) in [6, 6.07) is 10.6. The van der Waals surface area contributed by atoms with Gasteiger partial charge in [0, 0.05) is 20.2 Å². The molecule has 1 spiro atoms. The van der Waals surface area contributed by atoms with Crippen LogP contribution in [-0.2, 0) is 10.3 Å². The van der Waals surface area contributed by atoms with E-state index in [1.54, 1.807) is 5.31 Å². The van der Waals surface area contributed by atoms with E-state index < -0.39 is 0 Å². The third kappa shape index (κ3) is 1.80. The zero-order chi connectivity index (χ0) is 12.6. The van der Waals surface area contributed by atoms with Crippen LogP contribution in [0.2, 0.25) is 1.41 Å². The minimum atomic E-state index is -0.0883. The molecule has 0 amide bonds. The van der Waals surface area contributed by atoms with Gasteiger partial charge >= 0.3 is 0 Å². The van der Waals surface area contributed by atoms with Gasteiger partial charge in [-0.3, -0.25) is 0 Å². The van der Waals surface area contributed by atoms with E-state index in [1.165, 1.54) is 18.4 Å². The zero-order valence-corrected chi connectivity index (χ0v) is 10.5. The van der Waals surface area contributed by atoms with Crippen molar-refractivity contribution in [3.8, 4) is 0 Å². The summed E-state index contributed by atoms with van der Waals surface area (Å²) >= 11 is 0. The molecule has 92 valence electrons. The van der Waals surface area contributed by atoms with E-state index in [4.69, 9.17) is 6.15 Å². The summed E-state index contributed by atoms with van der Waals surface area (Å²) in [5, 5.41) is 1.68. The Hall–Kier alpha value is -0.860. The Kier molecular flexibility index (Phi) is 2.44. The summed E-state index contributed by atoms with van der Waals surface area (Å²) in [4.78, 5) is 0. The summed E-state index contributed by atoms with van der Waals surface area (Å²) in [5.41, 5.74) is 1.64. The number of hydrogen-bond acceptors (Lipinski definition) is 2. The third-order valence-corrected chi connectivity index (χ3v) is 4.70. The molecule has 1 aromatic rings. The van der Waals surface area contributed by atoms with Gasteiger partial charge in [0.15, 0.2) is 0 Å². The summed E-state index contributed by atoms with van der Waals surface area (Å²) in [6.07, 6.45) is 4.54. The summed E-state index contributed by atoms with van der Waals surface area (Å²) < 4.78 is 13.5. The molecule has 2 aliphatic rings. The van der Waals surface area contributed by atoms with Gasteiger partial charge in [0.2, 0.25) is 0 Å². The lowest BCUT2D eigenvalue weighted by Crippen LogP contribution is -2.56. The fourth-order valence-electron chi connectivity index (χ4n) is 3.28. The second-order valence-corrected chi connectivity index (χ2v) is 5.60. The van der Waals surface area contributed by atoms with E-state index in [0.29, 0.717) is 5.41 Å². The molecule has 1 aliphatic carbocycles. The van der Waals surface area contributed by atoms with Crippen molar-refractivity contribution in [2.45, 2.75) is 31.3 Å². The van der Waals surface area contributed by atoms with E-state index in [2.05, 4.69) is 30.3 Å². The van der Waals surface area contributed by atoms with E-state index in [1.807, 2.05) is 7.11 Å². The van der Waals surface area contributed by atoms with Crippen LogP contribution in [0.1, 0.15) is 31.2 Å². The van der Waals surface area contributed by atoms with Gasteiger partial charge in [-0.2, -0.15) is 0 Å². The summed E-state index contributed by atoms with van der Waals surface area (Å²) in [5.74, 6) is 0. The highest BCUT2D eigenvalue weighted by atomic mass is 16.5.